The highest BCUT2D eigenvalue weighted by atomic mass is 19.1. The van der Waals surface area contributed by atoms with E-state index in [-0.39, 0.29) is 18.7 Å². The van der Waals surface area contributed by atoms with Gasteiger partial charge in [0.1, 0.15) is 36.2 Å². The number of aliphatic hydroxyl groups is 1. The van der Waals surface area contributed by atoms with E-state index < -0.39 is 35.6 Å². The highest BCUT2D eigenvalue weighted by Crippen LogP contribution is 2.33. The summed E-state index contributed by atoms with van der Waals surface area (Å²) in [5, 5.41) is 30.0. The average Bonchev–Trinajstić information content (AvgIpc) is 3.67. The molecule has 0 aliphatic carbocycles. The van der Waals surface area contributed by atoms with Gasteiger partial charge in [-0.2, -0.15) is 5.10 Å². The Kier molecular flexibility index (Phi) is 9.65. The quantitative estimate of drug-likeness (QED) is 0.231. The molecule has 4 aromatic rings. The summed E-state index contributed by atoms with van der Waals surface area (Å²) in [5.74, 6) is -1.79. The molecular formula is C26H31F2N9O4. The fraction of sp³-hybridized carbons (Fsp3) is 0.385. The van der Waals surface area contributed by atoms with Gasteiger partial charge in [-0.15, -0.1) is 5.10 Å². The van der Waals surface area contributed by atoms with E-state index in [1.807, 2.05) is 0 Å². The molecule has 4 rings (SSSR count). The number of nitrogens with zero attached hydrogens (tertiary/aromatic N) is 8. The molecule has 41 heavy (non-hydrogen) atoms. The van der Waals surface area contributed by atoms with E-state index in [0.29, 0.717) is 30.7 Å². The maximum atomic E-state index is 15.2. The SMILES string of the molecule is CCOC(CN(C(=O)Nc1ccc(-n2cnnn2)cc1)[C@@H](C)[C@@](O)(Cn1cncn1)c1ccc(F)cc1F)OCC. The molecule has 2 amide bonds. The van der Waals surface area contributed by atoms with Crippen molar-refractivity contribution in [2.45, 2.75) is 45.2 Å². The van der Waals surface area contributed by atoms with Crippen LogP contribution in [0.15, 0.2) is 61.4 Å². The normalized spacial score (nSPS) is 13.6. The number of carbonyl (C=O) groups is 1. The standard InChI is InChI=1S/C26H31F2N9O4/c1-4-40-24(41-5-2)13-36(25(38)32-20-7-9-21(10-8-20)37-17-30-33-34-37)18(3)26(39,14-35-16-29-15-31-35)22-11-6-19(27)12-23(22)28/h6-12,15-18,24,39H,4-5,13-14H2,1-3H3,(H,32,38)/t18-,26-/m0/s1. The summed E-state index contributed by atoms with van der Waals surface area (Å²) in [7, 11) is 0. The number of rotatable bonds is 13. The molecule has 0 bridgehead atoms. The third-order valence-corrected chi connectivity index (χ3v) is 6.47. The molecule has 0 spiro atoms. The van der Waals surface area contributed by atoms with Crippen molar-refractivity contribution in [2.24, 2.45) is 0 Å². The van der Waals surface area contributed by atoms with Crippen LogP contribution in [0, 0.1) is 11.6 Å². The Morgan fingerprint density at radius 2 is 1.85 bits per heavy atom. The Balaban J connectivity index is 1.69. The van der Waals surface area contributed by atoms with Crippen molar-refractivity contribution in [1.82, 2.24) is 39.9 Å². The van der Waals surface area contributed by atoms with Gasteiger partial charge in [0.05, 0.1) is 24.8 Å². The first-order chi connectivity index (χ1) is 19.7. The van der Waals surface area contributed by atoms with Crippen LogP contribution >= 0.6 is 0 Å². The fourth-order valence-corrected chi connectivity index (χ4v) is 4.38. The van der Waals surface area contributed by atoms with E-state index in [0.717, 1.165) is 12.1 Å². The lowest BCUT2D eigenvalue weighted by molar-refractivity contribution is -0.153. The number of anilines is 1. The second-order valence-electron chi connectivity index (χ2n) is 9.04. The largest absolute Gasteiger partial charge is 0.381 e. The lowest BCUT2D eigenvalue weighted by Crippen LogP contribution is -2.57. The van der Waals surface area contributed by atoms with Crippen molar-refractivity contribution < 1.29 is 28.2 Å². The number of halogens is 2. The molecule has 0 aliphatic heterocycles. The van der Waals surface area contributed by atoms with Crippen molar-refractivity contribution in [3.05, 3.63) is 78.6 Å². The van der Waals surface area contributed by atoms with Crippen LogP contribution in [-0.2, 0) is 21.6 Å². The maximum absolute atomic E-state index is 15.2. The lowest BCUT2D eigenvalue weighted by atomic mass is 9.85. The maximum Gasteiger partial charge on any atom is 0.322 e. The zero-order valence-corrected chi connectivity index (χ0v) is 22.8. The summed E-state index contributed by atoms with van der Waals surface area (Å²) in [4.78, 5) is 19.0. The zero-order chi connectivity index (χ0) is 29.4. The molecule has 2 N–H and O–H groups in total. The highest BCUT2D eigenvalue weighted by Gasteiger charge is 2.44. The smallest absolute Gasteiger partial charge is 0.322 e. The second-order valence-corrected chi connectivity index (χ2v) is 9.04. The minimum Gasteiger partial charge on any atom is -0.381 e. The van der Waals surface area contributed by atoms with Crippen molar-refractivity contribution in [2.75, 3.05) is 25.1 Å². The molecule has 0 saturated carbocycles. The van der Waals surface area contributed by atoms with Gasteiger partial charge in [-0.3, -0.25) is 0 Å². The van der Waals surface area contributed by atoms with Gasteiger partial charge in [0.2, 0.25) is 0 Å². The Hall–Kier alpha value is -4.34. The number of benzene rings is 2. The molecule has 218 valence electrons. The van der Waals surface area contributed by atoms with Gasteiger partial charge < -0.3 is 24.8 Å². The van der Waals surface area contributed by atoms with Gasteiger partial charge in [-0.05, 0) is 61.5 Å². The molecule has 2 heterocycles. The van der Waals surface area contributed by atoms with Gasteiger partial charge in [-0.1, -0.05) is 6.07 Å². The number of nitrogens with one attached hydrogen (secondary N) is 1. The van der Waals surface area contributed by atoms with Gasteiger partial charge >= 0.3 is 6.03 Å². The second kappa shape index (κ2) is 13.3. The number of ether oxygens (including phenoxy) is 2. The fourth-order valence-electron chi connectivity index (χ4n) is 4.38. The van der Waals surface area contributed by atoms with E-state index in [1.54, 1.807) is 45.0 Å². The molecule has 2 aromatic carbocycles. The summed E-state index contributed by atoms with van der Waals surface area (Å²) in [6, 6.07) is 7.84. The Morgan fingerprint density at radius 3 is 2.44 bits per heavy atom. The van der Waals surface area contributed by atoms with Crippen molar-refractivity contribution >= 4 is 11.7 Å². The van der Waals surface area contributed by atoms with E-state index in [2.05, 4.69) is 30.9 Å². The van der Waals surface area contributed by atoms with Crippen LogP contribution in [0.4, 0.5) is 19.3 Å². The summed E-state index contributed by atoms with van der Waals surface area (Å²) >= 11 is 0. The lowest BCUT2D eigenvalue weighted by Gasteiger charge is -2.42. The first-order valence-electron chi connectivity index (χ1n) is 12.9. The molecular weight excluding hydrogens is 540 g/mol. The number of tetrazole rings is 1. The molecule has 0 fully saturated rings. The predicted octanol–water partition coefficient (Wildman–Crippen LogP) is 2.74. The number of carbonyl (C=O) groups excluding carboxylic acids is 1. The van der Waals surface area contributed by atoms with Gasteiger partial charge in [0.25, 0.3) is 0 Å². The molecule has 2 atom stereocenters. The van der Waals surface area contributed by atoms with Crippen LogP contribution in [-0.4, -0.2) is 83.1 Å². The summed E-state index contributed by atoms with van der Waals surface area (Å²) < 4.78 is 43.1. The van der Waals surface area contributed by atoms with Crippen molar-refractivity contribution in [3.8, 4) is 5.69 Å². The first kappa shape index (κ1) is 29.6. The van der Waals surface area contributed by atoms with Crippen LogP contribution in [0.2, 0.25) is 0 Å². The number of urea groups is 1. The van der Waals surface area contributed by atoms with E-state index in [1.165, 1.54) is 33.2 Å². The summed E-state index contributed by atoms with van der Waals surface area (Å²) in [6.07, 6.45) is 3.19. The van der Waals surface area contributed by atoms with Crippen LogP contribution in [0.1, 0.15) is 26.3 Å². The van der Waals surface area contributed by atoms with Crippen LogP contribution in [0.25, 0.3) is 5.69 Å². The van der Waals surface area contributed by atoms with Gasteiger partial charge in [0, 0.05) is 30.5 Å². The number of hydrogen-bond donors (Lipinski definition) is 2. The van der Waals surface area contributed by atoms with Crippen LogP contribution in [0.3, 0.4) is 0 Å². The van der Waals surface area contributed by atoms with Crippen LogP contribution in [0.5, 0.6) is 0 Å². The third-order valence-electron chi connectivity index (χ3n) is 6.47. The molecule has 0 saturated heterocycles. The average molecular weight is 572 g/mol. The number of hydrogen-bond acceptors (Lipinski definition) is 9. The summed E-state index contributed by atoms with van der Waals surface area (Å²) in [5.41, 5.74) is -1.22. The minimum absolute atomic E-state index is 0.125. The molecule has 0 unspecified atom stereocenters. The van der Waals surface area contributed by atoms with Crippen molar-refractivity contribution in [3.63, 3.8) is 0 Å². The number of aromatic nitrogens is 7. The Bertz CT molecular complexity index is 1380. The Labute approximate surface area is 234 Å². The van der Waals surface area contributed by atoms with E-state index in [9.17, 15) is 14.3 Å². The molecule has 15 heteroatoms. The van der Waals surface area contributed by atoms with Crippen LogP contribution < -0.4 is 5.32 Å². The van der Waals surface area contributed by atoms with Gasteiger partial charge in [-0.25, -0.2) is 27.9 Å². The zero-order valence-electron chi connectivity index (χ0n) is 22.8. The molecule has 2 aromatic heterocycles. The summed E-state index contributed by atoms with van der Waals surface area (Å²) in [6.45, 7) is 5.28. The van der Waals surface area contributed by atoms with Gasteiger partial charge in [0.15, 0.2) is 6.29 Å². The predicted molar refractivity (Wildman–Crippen MR) is 142 cm³/mol. The number of amides is 2. The Morgan fingerprint density at radius 1 is 1.12 bits per heavy atom. The highest BCUT2D eigenvalue weighted by molar-refractivity contribution is 5.89. The third kappa shape index (κ3) is 7.06. The molecule has 13 nitrogen and oxygen atoms in total. The minimum atomic E-state index is -2.09. The first-order valence-corrected chi connectivity index (χ1v) is 12.9. The monoisotopic (exact) mass is 571 g/mol. The van der Waals surface area contributed by atoms with E-state index >= 15 is 4.39 Å². The molecule has 0 radical (unpaired) electrons. The molecule has 0 aliphatic rings. The van der Waals surface area contributed by atoms with E-state index in [4.69, 9.17) is 9.47 Å². The topological polar surface area (TPSA) is 145 Å². The van der Waals surface area contributed by atoms with Crippen molar-refractivity contribution in [1.29, 1.82) is 0 Å².